The molecule has 2 N–H and O–H groups in total. The minimum Gasteiger partial charge on any atom is -0.391 e. The summed E-state index contributed by atoms with van der Waals surface area (Å²) in [5.74, 6) is 0.380. The summed E-state index contributed by atoms with van der Waals surface area (Å²) in [5.41, 5.74) is 0. The molecule has 0 bridgehead atoms. The van der Waals surface area contributed by atoms with Crippen LogP contribution in [0.2, 0.25) is 0 Å². The van der Waals surface area contributed by atoms with Gasteiger partial charge in [0.25, 0.3) is 0 Å². The van der Waals surface area contributed by atoms with Crippen LogP contribution in [0.15, 0.2) is 0 Å². The number of rotatable bonds is 1. The number of nitrogens with one attached hydrogen (secondary N) is 1. The van der Waals surface area contributed by atoms with E-state index in [-0.39, 0.29) is 17.9 Å². The smallest absolute Gasteiger partial charge is 0.227 e. The molecule has 2 saturated heterocycles. The van der Waals surface area contributed by atoms with Crippen LogP contribution in [0.25, 0.3) is 0 Å². The number of piperidine rings is 2. The van der Waals surface area contributed by atoms with Gasteiger partial charge in [-0.3, -0.25) is 4.79 Å². The zero-order valence-corrected chi connectivity index (χ0v) is 9.11. The van der Waals surface area contributed by atoms with Crippen molar-refractivity contribution in [2.75, 3.05) is 26.2 Å². The fraction of sp³-hybridized carbons (Fsp3) is 0.909. The van der Waals surface area contributed by atoms with Crippen molar-refractivity contribution in [1.82, 2.24) is 10.2 Å². The van der Waals surface area contributed by atoms with Gasteiger partial charge in [0.1, 0.15) is 0 Å². The van der Waals surface area contributed by atoms with Gasteiger partial charge in [-0.1, -0.05) is 0 Å². The monoisotopic (exact) mass is 212 g/mol. The molecule has 0 aromatic heterocycles. The van der Waals surface area contributed by atoms with Crippen LogP contribution >= 0.6 is 0 Å². The highest BCUT2D eigenvalue weighted by atomic mass is 16.3. The Bertz CT molecular complexity index is 227. The number of carbonyl (C=O) groups is 1. The van der Waals surface area contributed by atoms with E-state index in [4.69, 9.17) is 0 Å². The summed E-state index contributed by atoms with van der Waals surface area (Å²) in [5, 5.41) is 12.8. The third-order valence-corrected chi connectivity index (χ3v) is 3.35. The van der Waals surface area contributed by atoms with Crippen LogP contribution in [0.5, 0.6) is 0 Å². The maximum Gasteiger partial charge on any atom is 0.227 e. The third-order valence-electron chi connectivity index (χ3n) is 3.35. The molecule has 0 aromatic carbocycles. The lowest BCUT2D eigenvalue weighted by molar-refractivity contribution is -0.139. The molecule has 2 atom stereocenters. The maximum absolute atomic E-state index is 12.1. The molecule has 0 radical (unpaired) electrons. The number of hydrogen-bond donors (Lipinski definition) is 2. The summed E-state index contributed by atoms with van der Waals surface area (Å²) in [6.07, 6.45) is 3.56. The van der Waals surface area contributed by atoms with E-state index in [1.807, 2.05) is 4.90 Å². The largest absolute Gasteiger partial charge is 0.391 e. The van der Waals surface area contributed by atoms with E-state index in [9.17, 15) is 9.90 Å². The Morgan fingerprint density at radius 3 is 2.87 bits per heavy atom. The van der Waals surface area contributed by atoms with Crippen molar-refractivity contribution in [2.45, 2.75) is 31.8 Å². The number of nitrogens with zero attached hydrogens (tertiary/aromatic N) is 1. The molecule has 0 spiro atoms. The van der Waals surface area contributed by atoms with Gasteiger partial charge in [-0.05, 0) is 32.2 Å². The fourth-order valence-electron chi connectivity index (χ4n) is 2.48. The van der Waals surface area contributed by atoms with Crippen molar-refractivity contribution in [2.24, 2.45) is 5.92 Å². The van der Waals surface area contributed by atoms with Crippen molar-refractivity contribution in [1.29, 1.82) is 0 Å². The first-order valence-corrected chi connectivity index (χ1v) is 5.95. The Labute approximate surface area is 90.6 Å². The van der Waals surface area contributed by atoms with Crippen LogP contribution in [0.3, 0.4) is 0 Å². The van der Waals surface area contributed by atoms with Gasteiger partial charge in [-0.15, -0.1) is 0 Å². The number of carbonyl (C=O) groups excluding carboxylic acids is 1. The molecule has 86 valence electrons. The van der Waals surface area contributed by atoms with Gasteiger partial charge in [-0.25, -0.2) is 0 Å². The molecule has 1 amide bonds. The first-order chi connectivity index (χ1) is 7.27. The molecule has 1 unspecified atom stereocenters. The molecule has 2 aliphatic rings. The number of aliphatic hydroxyl groups excluding tert-OH is 1. The lowest BCUT2D eigenvalue weighted by Gasteiger charge is -2.34. The number of likely N-dealkylation sites (tertiary alicyclic amines) is 1. The van der Waals surface area contributed by atoms with E-state index in [0.717, 1.165) is 45.3 Å². The number of aliphatic hydroxyl groups is 1. The van der Waals surface area contributed by atoms with Crippen molar-refractivity contribution in [3.63, 3.8) is 0 Å². The van der Waals surface area contributed by atoms with Crippen LogP contribution < -0.4 is 5.32 Å². The zero-order valence-electron chi connectivity index (χ0n) is 9.11. The second-order valence-electron chi connectivity index (χ2n) is 4.62. The molecule has 4 nitrogen and oxygen atoms in total. The topological polar surface area (TPSA) is 52.6 Å². The molecule has 0 aliphatic carbocycles. The van der Waals surface area contributed by atoms with Gasteiger partial charge in [-0.2, -0.15) is 0 Å². The molecule has 2 rings (SSSR count). The zero-order chi connectivity index (χ0) is 10.7. The quantitative estimate of drug-likeness (QED) is 0.642. The summed E-state index contributed by atoms with van der Waals surface area (Å²) < 4.78 is 0. The Kier molecular flexibility index (Phi) is 3.59. The molecule has 0 aromatic rings. The number of hydrogen-bond acceptors (Lipinski definition) is 3. The first kappa shape index (κ1) is 10.9. The Hall–Kier alpha value is -0.610. The van der Waals surface area contributed by atoms with Crippen molar-refractivity contribution in [3.05, 3.63) is 0 Å². The molecular weight excluding hydrogens is 192 g/mol. The van der Waals surface area contributed by atoms with Gasteiger partial charge >= 0.3 is 0 Å². The second-order valence-corrected chi connectivity index (χ2v) is 4.62. The number of amides is 1. The molecular formula is C11H20N2O2. The average molecular weight is 212 g/mol. The molecule has 2 fully saturated rings. The van der Waals surface area contributed by atoms with Crippen LogP contribution in [0.4, 0.5) is 0 Å². The SMILES string of the molecule is O=C([C@@H]1CCCNC1)N1CCCC(O)C1. The van der Waals surface area contributed by atoms with Crippen molar-refractivity contribution in [3.8, 4) is 0 Å². The summed E-state index contributed by atoms with van der Waals surface area (Å²) in [4.78, 5) is 13.9. The summed E-state index contributed by atoms with van der Waals surface area (Å²) in [7, 11) is 0. The lowest BCUT2D eigenvalue weighted by Crippen LogP contribution is -2.48. The first-order valence-electron chi connectivity index (χ1n) is 5.95. The standard InChI is InChI=1S/C11H20N2O2/c14-10-4-2-6-13(8-10)11(15)9-3-1-5-12-7-9/h9-10,12,14H,1-8H2/t9-,10?/m1/s1. The predicted molar refractivity (Wildman–Crippen MR) is 57.4 cm³/mol. The lowest BCUT2D eigenvalue weighted by atomic mass is 9.96. The van der Waals surface area contributed by atoms with E-state index < -0.39 is 0 Å². The average Bonchev–Trinajstić information content (AvgIpc) is 2.29. The molecule has 2 heterocycles. The van der Waals surface area contributed by atoms with Crippen LogP contribution in [0, 0.1) is 5.92 Å². The Balaban J connectivity index is 1.88. The van der Waals surface area contributed by atoms with E-state index in [2.05, 4.69) is 5.32 Å². The van der Waals surface area contributed by atoms with Gasteiger partial charge in [0.2, 0.25) is 5.91 Å². The van der Waals surface area contributed by atoms with Gasteiger partial charge in [0.15, 0.2) is 0 Å². The van der Waals surface area contributed by atoms with Crippen LogP contribution in [0.1, 0.15) is 25.7 Å². The normalized spacial score (nSPS) is 32.7. The molecule has 15 heavy (non-hydrogen) atoms. The minimum absolute atomic E-state index is 0.143. The highest BCUT2D eigenvalue weighted by Crippen LogP contribution is 2.17. The highest BCUT2D eigenvalue weighted by Gasteiger charge is 2.28. The molecule has 4 heteroatoms. The van der Waals surface area contributed by atoms with Gasteiger partial charge in [0, 0.05) is 19.6 Å². The summed E-state index contributed by atoms with van der Waals surface area (Å²) in [6.45, 7) is 3.21. The predicted octanol–water partition coefficient (Wildman–Crippen LogP) is -0.0307. The van der Waals surface area contributed by atoms with E-state index >= 15 is 0 Å². The van der Waals surface area contributed by atoms with Gasteiger partial charge in [0.05, 0.1) is 12.0 Å². The molecule has 2 aliphatic heterocycles. The Morgan fingerprint density at radius 1 is 1.33 bits per heavy atom. The second kappa shape index (κ2) is 4.94. The fourth-order valence-corrected chi connectivity index (χ4v) is 2.48. The van der Waals surface area contributed by atoms with E-state index in [0.29, 0.717) is 6.54 Å². The van der Waals surface area contributed by atoms with Crippen molar-refractivity contribution < 1.29 is 9.90 Å². The minimum atomic E-state index is -0.306. The van der Waals surface area contributed by atoms with E-state index in [1.54, 1.807) is 0 Å². The third kappa shape index (κ3) is 2.69. The maximum atomic E-state index is 12.1. The van der Waals surface area contributed by atoms with Crippen LogP contribution in [-0.2, 0) is 4.79 Å². The Morgan fingerprint density at radius 2 is 2.20 bits per heavy atom. The van der Waals surface area contributed by atoms with Crippen LogP contribution in [-0.4, -0.2) is 48.2 Å². The number of β-amino-alcohol motifs (C(OH)–C–C–N with tert-alkyl or cyclic N) is 1. The molecule has 0 saturated carbocycles. The summed E-state index contributed by atoms with van der Waals surface area (Å²) in [6, 6.07) is 0. The van der Waals surface area contributed by atoms with Gasteiger partial charge < -0.3 is 15.3 Å². The van der Waals surface area contributed by atoms with E-state index in [1.165, 1.54) is 0 Å². The highest BCUT2D eigenvalue weighted by molar-refractivity contribution is 5.79. The van der Waals surface area contributed by atoms with Crippen molar-refractivity contribution >= 4 is 5.91 Å². The summed E-state index contributed by atoms with van der Waals surface area (Å²) >= 11 is 0.